The maximum absolute atomic E-state index is 5.81. The Morgan fingerprint density at radius 3 is 1.93 bits per heavy atom. The molecular weight excluding hydrogens is 372 g/mol. The molecule has 0 heterocycles. The Kier molecular flexibility index (Phi) is 13.6. The highest BCUT2D eigenvalue weighted by Gasteiger charge is 2.22. The molecule has 0 unspecified atom stereocenters. The largest absolute Gasteiger partial charge is 0.493 e. The summed E-state index contributed by atoms with van der Waals surface area (Å²) in [5.74, 6) is 5.11. The third kappa shape index (κ3) is 8.84. The molecule has 0 atom stereocenters. The summed E-state index contributed by atoms with van der Waals surface area (Å²) < 4.78 is 32.8. The highest BCUT2D eigenvalue weighted by atomic mass is 16.7. The fourth-order valence-electron chi connectivity index (χ4n) is 3.17. The van der Waals surface area contributed by atoms with Crippen LogP contribution in [0.5, 0.6) is 23.0 Å². The predicted molar refractivity (Wildman–Crippen MR) is 114 cm³/mol. The maximum atomic E-state index is 5.81. The average Bonchev–Trinajstić information content (AvgIpc) is 2.74. The fourth-order valence-corrected chi connectivity index (χ4v) is 3.17. The van der Waals surface area contributed by atoms with Gasteiger partial charge in [0, 0.05) is 32.3 Å². The van der Waals surface area contributed by atoms with Crippen molar-refractivity contribution >= 4 is 0 Å². The van der Waals surface area contributed by atoms with Gasteiger partial charge in [-0.1, -0.05) is 32.1 Å². The Morgan fingerprint density at radius 1 is 0.724 bits per heavy atom. The molecule has 1 aromatic rings. The normalized spacial score (nSPS) is 10.4. The van der Waals surface area contributed by atoms with Crippen LogP contribution < -0.4 is 18.9 Å². The molecule has 0 radical (unpaired) electrons. The number of unbranched alkanes of at least 4 members (excludes halogenated alkanes) is 7. The Labute approximate surface area is 175 Å². The lowest BCUT2D eigenvalue weighted by molar-refractivity contribution is 0.0444. The van der Waals surface area contributed by atoms with Gasteiger partial charge >= 0.3 is 0 Å². The Balaban J connectivity index is 2.80. The minimum absolute atomic E-state index is 0.122. The van der Waals surface area contributed by atoms with Crippen LogP contribution >= 0.6 is 0 Å². The van der Waals surface area contributed by atoms with Crippen LogP contribution in [0.2, 0.25) is 0 Å². The summed E-state index contributed by atoms with van der Waals surface area (Å²) in [4.78, 5) is 0. The lowest BCUT2D eigenvalue weighted by Gasteiger charge is -2.20. The molecule has 6 nitrogen and oxygen atoms in total. The molecule has 0 bridgehead atoms. The first kappa shape index (κ1) is 24.9. The van der Waals surface area contributed by atoms with Crippen LogP contribution in [-0.2, 0) is 15.9 Å². The molecule has 1 rings (SSSR count). The molecule has 0 aromatic heterocycles. The van der Waals surface area contributed by atoms with E-state index in [1.165, 1.54) is 25.7 Å². The molecule has 1 aromatic carbocycles. The van der Waals surface area contributed by atoms with Gasteiger partial charge < -0.3 is 28.4 Å². The van der Waals surface area contributed by atoms with Crippen molar-refractivity contribution in [2.75, 3.05) is 42.0 Å². The van der Waals surface area contributed by atoms with E-state index < -0.39 is 0 Å². The number of terminal acetylenes is 1. The zero-order valence-electron chi connectivity index (χ0n) is 18.4. The lowest BCUT2D eigenvalue weighted by Crippen LogP contribution is -2.08. The highest BCUT2D eigenvalue weighted by Crippen LogP contribution is 2.45. The fraction of sp³-hybridized carbons (Fsp3) is 0.652. The molecule has 0 saturated heterocycles. The monoisotopic (exact) mass is 408 g/mol. The number of ether oxygens (including phenoxy) is 6. The molecule has 0 fully saturated rings. The molecule has 0 aliphatic rings. The van der Waals surface area contributed by atoms with Gasteiger partial charge in [-0.3, -0.25) is 0 Å². The van der Waals surface area contributed by atoms with Gasteiger partial charge in [0.1, 0.15) is 0 Å². The van der Waals surface area contributed by atoms with E-state index in [1.54, 1.807) is 34.5 Å². The van der Waals surface area contributed by atoms with Gasteiger partial charge in [-0.15, -0.1) is 12.3 Å². The molecule has 0 N–H and O–H groups in total. The second-order valence-electron chi connectivity index (χ2n) is 6.70. The molecule has 0 amide bonds. The van der Waals surface area contributed by atoms with Crippen LogP contribution in [0.3, 0.4) is 0 Å². The topological polar surface area (TPSA) is 55.4 Å². The number of hydrogen-bond acceptors (Lipinski definition) is 6. The van der Waals surface area contributed by atoms with Crippen molar-refractivity contribution in [1.82, 2.24) is 0 Å². The van der Waals surface area contributed by atoms with E-state index >= 15 is 0 Å². The Bertz CT molecular complexity index is 608. The Morgan fingerprint density at radius 2 is 1.34 bits per heavy atom. The molecule has 6 heteroatoms. The summed E-state index contributed by atoms with van der Waals surface area (Å²) >= 11 is 0. The van der Waals surface area contributed by atoms with Crippen molar-refractivity contribution in [3.63, 3.8) is 0 Å². The van der Waals surface area contributed by atoms with E-state index in [4.69, 9.17) is 34.8 Å². The van der Waals surface area contributed by atoms with Crippen LogP contribution in [0.1, 0.15) is 56.9 Å². The third-order valence-electron chi connectivity index (χ3n) is 4.58. The summed E-state index contributed by atoms with van der Waals surface area (Å²) in [6.07, 6.45) is 15.1. The van der Waals surface area contributed by atoms with Crippen LogP contribution in [0, 0.1) is 12.3 Å². The third-order valence-corrected chi connectivity index (χ3v) is 4.58. The second kappa shape index (κ2) is 15.8. The van der Waals surface area contributed by atoms with Crippen LogP contribution in [-0.4, -0.2) is 42.0 Å². The van der Waals surface area contributed by atoms with Gasteiger partial charge in [0.15, 0.2) is 36.6 Å². The van der Waals surface area contributed by atoms with Crippen molar-refractivity contribution in [3.05, 3.63) is 11.6 Å². The number of benzene rings is 1. The van der Waals surface area contributed by atoms with Gasteiger partial charge in [-0.25, -0.2) is 0 Å². The summed E-state index contributed by atoms with van der Waals surface area (Å²) in [5, 5.41) is 0. The smallest absolute Gasteiger partial charge is 0.188 e. The molecule has 0 aliphatic carbocycles. The van der Waals surface area contributed by atoms with E-state index in [0.717, 1.165) is 37.7 Å². The Hall–Kier alpha value is -2.10. The molecular formula is C23H36O6. The minimum atomic E-state index is 0.122. The van der Waals surface area contributed by atoms with Crippen molar-refractivity contribution in [3.8, 4) is 35.3 Å². The van der Waals surface area contributed by atoms with Gasteiger partial charge in [0.2, 0.25) is 0 Å². The maximum Gasteiger partial charge on any atom is 0.188 e. The molecule has 0 spiro atoms. The van der Waals surface area contributed by atoms with Crippen molar-refractivity contribution in [2.24, 2.45) is 0 Å². The van der Waals surface area contributed by atoms with E-state index in [0.29, 0.717) is 23.0 Å². The van der Waals surface area contributed by atoms with E-state index in [2.05, 4.69) is 5.92 Å². The zero-order valence-corrected chi connectivity index (χ0v) is 18.4. The van der Waals surface area contributed by atoms with Gasteiger partial charge in [0.05, 0.1) is 14.2 Å². The van der Waals surface area contributed by atoms with Crippen LogP contribution in [0.25, 0.3) is 0 Å². The standard InChI is InChI=1S/C23H36O6/c1-6-7-8-9-10-11-12-13-14-15-19-22(27-5)21(28-17-24-2)16-20(26-4)23(19)29-18-25-3/h1,16H,7-15,17-18H2,2-5H3. The van der Waals surface area contributed by atoms with Gasteiger partial charge in [0.25, 0.3) is 0 Å². The summed E-state index contributed by atoms with van der Waals surface area (Å²) in [5.41, 5.74) is 0.920. The van der Waals surface area contributed by atoms with Gasteiger partial charge in [-0.2, -0.15) is 0 Å². The molecule has 164 valence electrons. The first-order valence-corrected chi connectivity index (χ1v) is 10.2. The first-order chi connectivity index (χ1) is 14.2. The SMILES string of the molecule is C#CCCCCCCCCCc1c(OC)c(OCOC)cc(OC)c1OCOC. The van der Waals surface area contributed by atoms with Crippen LogP contribution in [0.4, 0.5) is 0 Å². The molecule has 0 aliphatic heterocycles. The summed E-state index contributed by atoms with van der Waals surface area (Å²) in [6, 6.07) is 1.75. The van der Waals surface area contributed by atoms with Crippen molar-refractivity contribution < 1.29 is 28.4 Å². The summed E-state index contributed by atoms with van der Waals surface area (Å²) in [6.45, 7) is 0.249. The van der Waals surface area contributed by atoms with E-state index in [-0.39, 0.29) is 13.6 Å². The van der Waals surface area contributed by atoms with E-state index in [1.807, 2.05) is 0 Å². The highest BCUT2D eigenvalue weighted by molar-refractivity contribution is 5.61. The zero-order chi connectivity index (χ0) is 21.3. The second-order valence-corrected chi connectivity index (χ2v) is 6.70. The van der Waals surface area contributed by atoms with Crippen molar-refractivity contribution in [2.45, 2.75) is 57.8 Å². The number of methoxy groups -OCH3 is 4. The quantitative estimate of drug-likeness (QED) is 0.206. The molecule has 0 saturated carbocycles. The lowest BCUT2D eigenvalue weighted by atomic mass is 10.0. The predicted octanol–water partition coefficient (Wildman–Crippen LogP) is 4.97. The number of rotatable bonds is 17. The number of hydrogen-bond donors (Lipinski definition) is 0. The van der Waals surface area contributed by atoms with E-state index in [9.17, 15) is 0 Å². The minimum Gasteiger partial charge on any atom is -0.493 e. The van der Waals surface area contributed by atoms with Crippen LogP contribution in [0.15, 0.2) is 6.07 Å². The summed E-state index contributed by atoms with van der Waals surface area (Å²) in [7, 11) is 6.39. The van der Waals surface area contributed by atoms with Crippen molar-refractivity contribution in [1.29, 1.82) is 0 Å². The van der Waals surface area contributed by atoms with Gasteiger partial charge in [-0.05, 0) is 19.3 Å². The first-order valence-electron chi connectivity index (χ1n) is 10.2. The molecule has 29 heavy (non-hydrogen) atoms. The average molecular weight is 409 g/mol.